The molecule has 1 amide bonds. The maximum Gasteiger partial charge on any atom is 0.228 e. The minimum Gasteiger partial charge on any atom is -0.444 e. The minimum absolute atomic E-state index is 0.0532. The fourth-order valence-electron chi connectivity index (χ4n) is 4.13. The van der Waals surface area contributed by atoms with Gasteiger partial charge in [-0.25, -0.2) is 9.67 Å². The van der Waals surface area contributed by atoms with E-state index in [4.69, 9.17) is 4.42 Å². The number of carbonyl (C=O) groups excluding carboxylic acids is 1. The van der Waals surface area contributed by atoms with Crippen LogP contribution in [-0.4, -0.2) is 38.7 Å². The standard InChI is InChI=1S/C25H25N5O2/c31-24(27-21-10-4-11-23(15-21)30-14-6-12-26-30)20-9-5-13-29(16-20)17-22-18-32-25(28-22)19-7-2-1-3-8-19/h1-4,6-8,10-12,14-15,18,20H,5,9,13,16-17H2,(H,27,31). The lowest BCUT2D eigenvalue weighted by molar-refractivity contribution is -0.121. The lowest BCUT2D eigenvalue weighted by Crippen LogP contribution is -2.40. The average molecular weight is 428 g/mol. The van der Waals surface area contributed by atoms with Crippen LogP contribution in [0.5, 0.6) is 0 Å². The van der Waals surface area contributed by atoms with Crippen LogP contribution in [0.4, 0.5) is 5.69 Å². The summed E-state index contributed by atoms with van der Waals surface area (Å²) in [4.78, 5) is 19.9. The number of aromatic nitrogens is 3. The molecule has 162 valence electrons. The van der Waals surface area contributed by atoms with Gasteiger partial charge in [0.2, 0.25) is 11.8 Å². The zero-order chi connectivity index (χ0) is 21.8. The summed E-state index contributed by atoms with van der Waals surface area (Å²) in [6, 6.07) is 19.5. The molecule has 1 aliphatic heterocycles. The van der Waals surface area contributed by atoms with Gasteiger partial charge in [-0.1, -0.05) is 24.3 Å². The monoisotopic (exact) mass is 427 g/mol. The normalized spacial score (nSPS) is 16.7. The number of oxazole rings is 1. The maximum atomic E-state index is 13.0. The van der Waals surface area contributed by atoms with E-state index in [1.54, 1.807) is 17.1 Å². The van der Waals surface area contributed by atoms with Crippen LogP contribution in [0.25, 0.3) is 17.1 Å². The first-order valence-electron chi connectivity index (χ1n) is 10.9. The van der Waals surface area contributed by atoms with Crippen molar-refractivity contribution in [2.24, 2.45) is 5.92 Å². The molecule has 1 unspecified atom stereocenters. The summed E-state index contributed by atoms with van der Waals surface area (Å²) in [5.74, 6) is 0.624. The van der Waals surface area contributed by atoms with Gasteiger partial charge >= 0.3 is 0 Å². The molecule has 32 heavy (non-hydrogen) atoms. The summed E-state index contributed by atoms with van der Waals surface area (Å²) in [5.41, 5.74) is 3.55. The lowest BCUT2D eigenvalue weighted by Gasteiger charge is -2.31. The van der Waals surface area contributed by atoms with E-state index in [1.807, 2.05) is 66.9 Å². The second-order valence-electron chi connectivity index (χ2n) is 8.07. The predicted molar refractivity (Wildman–Crippen MR) is 122 cm³/mol. The molecule has 1 atom stereocenters. The molecule has 2 aromatic carbocycles. The van der Waals surface area contributed by atoms with Gasteiger partial charge in [-0.15, -0.1) is 0 Å². The summed E-state index contributed by atoms with van der Waals surface area (Å²) in [6.07, 6.45) is 7.20. The van der Waals surface area contributed by atoms with Crippen molar-refractivity contribution in [2.45, 2.75) is 19.4 Å². The summed E-state index contributed by atoms with van der Waals surface area (Å²) >= 11 is 0. The van der Waals surface area contributed by atoms with Crippen molar-refractivity contribution >= 4 is 11.6 Å². The topological polar surface area (TPSA) is 76.2 Å². The van der Waals surface area contributed by atoms with Gasteiger partial charge in [-0.05, 0) is 55.8 Å². The van der Waals surface area contributed by atoms with E-state index in [0.29, 0.717) is 19.0 Å². The molecule has 3 heterocycles. The highest BCUT2D eigenvalue weighted by molar-refractivity contribution is 5.93. The Balaban J connectivity index is 1.20. The molecule has 0 radical (unpaired) electrons. The van der Waals surface area contributed by atoms with Crippen LogP contribution < -0.4 is 5.32 Å². The van der Waals surface area contributed by atoms with E-state index >= 15 is 0 Å². The van der Waals surface area contributed by atoms with Crippen molar-refractivity contribution in [3.8, 4) is 17.1 Å². The fraction of sp³-hybridized carbons (Fsp3) is 0.240. The molecule has 1 aliphatic rings. The van der Waals surface area contributed by atoms with Gasteiger partial charge in [0.05, 0.1) is 17.3 Å². The predicted octanol–water partition coefficient (Wildman–Crippen LogP) is 4.38. The maximum absolute atomic E-state index is 13.0. The van der Waals surface area contributed by atoms with E-state index in [0.717, 1.165) is 42.0 Å². The molecule has 0 saturated carbocycles. The summed E-state index contributed by atoms with van der Waals surface area (Å²) in [6.45, 7) is 2.33. The van der Waals surface area contributed by atoms with Gasteiger partial charge in [-0.3, -0.25) is 9.69 Å². The Labute approximate surface area is 186 Å². The fourth-order valence-corrected chi connectivity index (χ4v) is 4.13. The number of likely N-dealkylation sites (tertiary alicyclic amines) is 1. The third-order valence-corrected chi connectivity index (χ3v) is 5.72. The number of piperidine rings is 1. The van der Waals surface area contributed by atoms with Crippen molar-refractivity contribution < 1.29 is 9.21 Å². The molecular formula is C25H25N5O2. The smallest absolute Gasteiger partial charge is 0.228 e. The Bertz CT molecular complexity index is 1170. The highest BCUT2D eigenvalue weighted by Crippen LogP contribution is 2.23. The summed E-state index contributed by atoms with van der Waals surface area (Å²) < 4.78 is 7.44. The lowest BCUT2D eigenvalue weighted by atomic mass is 9.97. The first kappa shape index (κ1) is 20.2. The van der Waals surface area contributed by atoms with Crippen LogP contribution in [-0.2, 0) is 11.3 Å². The van der Waals surface area contributed by atoms with E-state index in [1.165, 1.54) is 0 Å². The first-order chi connectivity index (χ1) is 15.7. The van der Waals surface area contributed by atoms with Gasteiger partial charge in [0.25, 0.3) is 0 Å². The zero-order valence-electron chi connectivity index (χ0n) is 17.7. The molecule has 7 nitrogen and oxygen atoms in total. The molecule has 0 spiro atoms. The number of nitrogens with zero attached hydrogens (tertiary/aromatic N) is 4. The number of benzene rings is 2. The summed E-state index contributed by atoms with van der Waals surface area (Å²) in [7, 11) is 0. The van der Waals surface area contributed by atoms with Gasteiger partial charge in [-0.2, -0.15) is 5.10 Å². The second-order valence-corrected chi connectivity index (χ2v) is 8.07. The van der Waals surface area contributed by atoms with E-state index in [9.17, 15) is 4.79 Å². The Hall–Kier alpha value is -3.71. The number of nitrogens with one attached hydrogen (secondary N) is 1. The van der Waals surface area contributed by atoms with E-state index < -0.39 is 0 Å². The number of hydrogen-bond donors (Lipinski definition) is 1. The molecule has 1 saturated heterocycles. The second kappa shape index (κ2) is 9.20. The number of amides is 1. The molecule has 0 bridgehead atoms. The zero-order valence-corrected chi connectivity index (χ0v) is 17.7. The van der Waals surface area contributed by atoms with Crippen molar-refractivity contribution in [2.75, 3.05) is 18.4 Å². The van der Waals surface area contributed by atoms with Crippen molar-refractivity contribution in [1.82, 2.24) is 19.7 Å². The third kappa shape index (κ3) is 4.63. The molecule has 2 aromatic heterocycles. The van der Waals surface area contributed by atoms with E-state index in [2.05, 4.69) is 20.3 Å². The molecule has 5 rings (SSSR count). The molecule has 1 N–H and O–H groups in total. The van der Waals surface area contributed by atoms with Crippen LogP contribution in [0.2, 0.25) is 0 Å². The van der Waals surface area contributed by atoms with Crippen LogP contribution in [0.15, 0.2) is 83.7 Å². The Kier molecular flexibility index (Phi) is 5.81. The number of carbonyl (C=O) groups is 1. The van der Waals surface area contributed by atoms with Crippen LogP contribution in [0.3, 0.4) is 0 Å². The van der Waals surface area contributed by atoms with Crippen molar-refractivity contribution in [3.05, 3.63) is 85.0 Å². The Morgan fingerprint density at radius 3 is 2.88 bits per heavy atom. The largest absolute Gasteiger partial charge is 0.444 e. The van der Waals surface area contributed by atoms with Crippen molar-refractivity contribution in [3.63, 3.8) is 0 Å². The highest BCUT2D eigenvalue weighted by Gasteiger charge is 2.26. The molecule has 0 aliphatic carbocycles. The molecule has 1 fully saturated rings. The quantitative estimate of drug-likeness (QED) is 0.494. The highest BCUT2D eigenvalue weighted by atomic mass is 16.3. The van der Waals surface area contributed by atoms with Crippen LogP contribution in [0.1, 0.15) is 18.5 Å². The van der Waals surface area contributed by atoms with Gasteiger partial charge in [0, 0.05) is 36.7 Å². The number of hydrogen-bond acceptors (Lipinski definition) is 5. The SMILES string of the molecule is O=C(Nc1cccc(-n2cccn2)c1)C1CCCN(Cc2coc(-c3ccccc3)n2)C1. The molecule has 4 aromatic rings. The van der Waals surface area contributed by atoms with Gasteiger partial charge in [0.1, 0.15) is 6.26 Å². The summed E-state index contributed by atoms with van der Waals surface area (Å²) in [5, 5.41) is 7.33. The number of rotatable bonds is 6. The van der Waals surface area contributed by atoms with Gasteiger partial charge in [0.15, 0.2) is 0 Å². The Morgan fingerprint density at radius 2 is 2.03 bits per heavy atom. The van der Waals surface area contributed by atoms with Crippen LogP contribution >= 0.6 is 0 Å². The van der Waals surface area contributed by atoms with Crippen molar-refractivity contribution in [1.29, 1.82) is 0 Å². The van der Waals surface area contributed by atoms with Gasteiger partial charge < -0.3 is 9.73 Å². The first-order valence-corrected chi connectivity index (χ1v) is 10.9. The Morgan fingerprint density at radius 1 is 1.12 bits per heavy atom. The average Bonchev–Trinajstić information content (AvgIpc) is 3.53. The third-order valence-electron chi connectivity index (χ3n) is 5.72. The van der Waals surface area contributed by atoms with Crippen LogP contribution in [0, 0.1) is 5.92 Å². The molecule has 7 heteroatoms. The minimum atomic E-state index is -0.0578. The number of anilines is 1. The molecular weight excluding hydrogens is 402 g/mol. The van der Waals surface area contributed by atoms with E-state index in [-0.39, 0.29) is 11.8 Å².